The first-order valence-electron chi connectivity index (χ1n) is 7.40. The van der Waals surface area contributed by atoms with E-state index in [-0.39, 0.29) is 24.6 Å². The predicted octanol–water partition coefficient (Wildman–Crippen LogP) is 2.84. The second-order valence-corrected chi connectivity index (χ2v) is 6.81. The molecule has 5 nitrogen and oxygen atoms in total. The van der Waals surface area contributed by atoms with E-state index in [1.165, 1.54) is 30.4 Å². The molecular formula is C17H15FN2O3S. The summed E-state index contributed by atoms with van der Waals surface area (Å²) in [6.07, 6.45) is 0.115. The van der Waals surface area contributed by atoms with Gasteiger partial charge < -0.3 is 0 Å². The molecular weight excluding hydrogens is 331 g/mol. The fraction of sp³-hybridized carbons (Fsp3) is 0.235. The Bertz CT molecular complexity index is 1040. The van der Waals surface area contributed by atoms with Crippen LogP contribution in [0.15, 0.2) is 33.9 Å². The highest BCUT2D eigenvalue weighted by Gasteiger charge is 2.18. The van der Waals surface area contributed by atoms with E-state index in [4.69, 9.17) is 0 Å². The SMILES string of the molecule is CC(=O)CCn1c(=O)[nH]c2sc(C)c(-c3ccc(F)cc3)c2c1=O. The molecule has 0 aliphatic rings. The van der Waals surface area contributed by atoms with Gasteiger partial charge in [0.15, 0.2) is 0 Å². The van der Waals surface area contributed by atoms with Gasteiger partial charge in [0.2, 0.25) is 0 Å². The zero-order chi connectivity index (χ0) is 17.4. The number of carbonyl (C=O) groups is 1. The van der Waals surface area contributed by atoms with Crippen LogP contribution in [0.25, 0.3) is 21.3 Å². The first kappa shape index (κ1) is 16.3. The summed E-state index contributed by atoms with van der Waals surface area (Å²) in [4.78, 5) is 40.1. The van der Waals surface area contributed by atoms with Gasteiger partial charge in [-0.15, -0.1) is 11.3 Å². The summed E-state index contributed by atoms with van der Waals surface area (Å²) in [5.74, 6) is -0.454. The van der Waals surface area contributed by atoms with Crippen LogP contribution in [0.3, 0.4) is 0 Å². The van der Waals surface area contributed by atoms with Gasteiger partial charge in [-0.3, -0.25) is 19.1 Å². The number of carbonyl (C=O) groups excluding carboxylic acids is 1. The number of hydrogen-bond acceptors (Lipinski definition) is 4. The van der Waals surface area contributed by atoms with Crippen LogP contribution < -0.4 is 11.2 Å². The first-order valence-corrected chi connectivity index (χ1v) is 8.21. The number of halogens is 1. The molecule has 0 amide bonds. The predicted molar refractivity (Wildman–Crippen MR) is 92.1 cm³/mol. The van der Waals surface area contributed by atoms with Crippen molar-refractivity contribution in [3.63, 3.8) is 0 Å². The van der Waals surface area contributed by atoms with Crippen molar-refractivity contribution >= 4 is 27.3 Å². The van der Waals surface area contributed by atoms with E-state index in [1.54, 1.807) is 12.1 Å². The van der Waals surface area contributed by atoms with E-state index < -0.39 is 11.2 Å². The lowest BCUT2D eigenvalue weighted by molar-refractivity contribution is -0.117. The van der Waals surface area contributed by atoms with Crippen LogP contribution in [0.2, 0.25) is 0 Å². The second kappa shape index (κ2) is 6.16. The number of aryl methyl sites for hydroxylation is 1. The van der Waals surface area contributed by atoms with E-state index in [2.05, 4.69) is 4.98 Å². The minimum atomic E-state index is -0.527. The van der Waals surface area contributed by atoms with Crippen LogP contribution in [-0.2, 0) is 11.3 Å². The van der Waals surface area contributed by atoms with Crippen molar-refractivity contribution in [3.8, 4) is 11.1 Å². The molecule has 0 aliphatic carbocycles. The maximum Gasteiger partial charge on any atom is 0.329 e. The number of hydrogen-bond donors (Lipinski definition) is 1. The molecule has 0 bridgehead atoms. The Balaban J connectivity index is 2.27. The third kappa shape index (κ3) is 2.82. The van der Waals surface area contributed by atoms with E-state index in [0.29, 0.717) is 21.3 Å². The molecule has 0 fully saturated rings. The third-order valence-electron chi connectivity index (χ3n) is 3.83. The van der Waals surface area contributed by atoms with Crippen LogP contribution in [0.1, 0.15) is 18.2 Å². The number of rotatable bonds is 4. The minimum absolute atomic E-state index is 0.0389. The second-order valence-electron chi connectivity index (χ2n) is 5.58. The number of thiophene rings is 1. The highest BCUT2D eigenvalue weighted by Crippen LogP contribution is 2.35. The number of nitrogens with zero attached hydrogens (tertiary/aromatic N) is 1. The van der Waals surface area contributed by atoms with Gasteiger partial charge in [-0.2, -0.15) is 0 Å². The number of fused-ring (bicyclic) bond motifs is 1. The molecule has 0 saturated heterocycles. The topological polar surface area (TPSA) is 71.9 Å². The van der Waals surface area contributed by atoms with Gasteiger partial charge in [0.25, 0.3) is 5.56 Å². The summed E-state index contributed by atoms with van der Waals surface area (Å²) in [6.45, 7) is 3.30. The number of benzene rings is 1. The Labute approximate surface area is 140 Å². The molecule has 7 heteroatoms. The highest BCUT2D eigenvalue weighted by atomic mass is 32.1. The van der Waals surface area contributed by atoms with Gasteiger partial charge in [0.1, 0.15) is 16.4 Å². The molecule has 3 rings (SSSR count). The summed E-state index contributed by atoms with van der Waals surface area (Å²) in [5, 5.41) is 0.396. The summed E-state index contributed by atoms with van der Waals surface area (Å²) < 4.78 is 14.2. The molecule has 0 unspecified atom stereocenters. The van der Waals surface area contributed by atoms with Crippen LogP contribution in [0.4, 0.5) is 4.39 Å². The Morgan fingerprint density at radius 3 is 2.54 bits per heavy atom. The van der Waals surface area contributed by atoms with Crippen LogP contribution in [0.5, 0.6) is 0 Å². The monoisotopic (exact) mass is 346 g/mol. The maximum atomic E-state index is 13.2. The lowest BCUT2D eigenvalue weighted by Crippen LogP contribution is -2.35. The molecule has 124 valence electrons. The van der Waals surface area contributed by atoms with Crippen molar-refractivity contribution < 1.29 is 9.18 Å². The molecule has 0 spiro atoms. The van der Waals surface area contributed by atoms with Crippen molar-refractivity contribution in [2.45, 2.75) is 26.8 Å². The Morgan fingerprint density at radius 2 is 1.92 bits per heavy atom. The van der Waals surface area contributed by atoms with Crippen molar-refractivity contribution in [2.75, 3.05) is 0 Å². The first-order chi connectivity index (χ1) is 11.4. The fourth-order valence-electron chi connectivity index (χ4n) is 2.67. The highest BCUT2D eigenvalue weighted by molar-refractivity contribution is 7.19. The molecule has 0 radical (unpaired) electrons. The standard InChI is InChI=1S/C17H15FN2O3S/c1-9(21)7-8-20-16(22)14-13(11-3-5-12(18)6-4-11)10(2)24-15(14)19-17(20)23/h3-6H,7-8H2,1-2H3,(H,19,23). The molecule has 3 aromatic rings. The van der Waals surface area contributed by atoms with Gasteiger partial charge >= 0.3 is 5.69 Å². The Morgan fingerprint density at radius 1 is 1.25 bits per heavy atom. The van der Waals surface area contributed by atoms with Crippen molar-refractivity contribution in [2.24, 2.45) is 0 Å². The van der Waals surface area contributed by atoms with Crippen LogP contribution in [0, 0.1) is 12.7 Å². The molecule has 24 heavy (non-hydrogen) atoms. The fourth-order valence-corrected chi connectivity index (χ4v) is 3.72. The molecule has 1 N–H and O–H groups in total. The van der Waals surface area contributed by atoms with Crippen LogP contribution >= 0.6 is 11.3 Å². The Hall–Kier alpha value is -2.54. The quantitative estimate of drug-likeness (QED) is 0.789. The number of H-pyrrole nitrogens is 1. The maximum absolute atomic E-state index is 13.2. The minimum Gasteiger partial charge on any atom is -0.300 e. The zero-order valence-electron chi connectivity index (χ0n) is 13.2. The van der Waals surface area contributed by atoms with Crippen molar-refractivity contribution in [1.82, 2.24) is 9.55 Å². The number of ketones is 1. The average molecular weight is 346 g/mol. The summed E-state index contributed by atoms with van der Waals surface area (Å²) in [7, 11) is 0. The van der Waals surface area contributed by atoms with Gasteiger partial charge in [-0.25, -0.2) is 9.18 Å². The van der Waals surface area contributed by atoms with E-state index >= 15 is 0 Å². The lowest BCUT2D eigenvalue weighted by Gasteiger charge is -2.05. The molecule has 0 aliphatic heterocycles. The van der Waals surface area contributed by atoms with Gasteiger partial charge in [-0.05, 0) is 31.5 Å². The number of aromatic amines is 1. The van der Waals surface area contributed by atoms with Gasteiger partial charge in [-0.1, -0.05) is 12.1 Å². The van der Waals surface area contributed by atoms with E-state index in [9.17, 15) is 18.8 Å². The largest absolute Gasteiger partial charge is 0.329 e. The van der Waals surface area contributed by atoms with E-state index in [1.807, 2.05) is 6.92 Å². The Kier molecular flexibility index (Phi) is 4.19. The third-order valence-corrected chi connectivity index (χ3v) is 4.85. The van der Waals surface area contributed by atoms with Crippen LogP contribution in [-0.4, -0.2) is 15.3 Å². The number of aromatic nitrogens is 2. The molecule has 0 atom stereocenters. The summed E-state index contributed by atoms with van der Waals surface area (Å²) >= 11 is 1.31. The zero-order valence-corrected chi connectivity index (χ0v) is 14.0. The normalized spacial score (nSPS) is 11.1. The summed E-state index contributed by atoms with van der Waals surface area (Å²) in [6, 6.07) is 5.87. The molecule has 2 heterocycles. The summed E-state index contributed by atoms with van der Waals surface area (Å²) in [5.41, 5.74) is 0.439. The van der Waals surface area contributed by atoms with Crippen molar-refractivity contribution in [1.29, 1.82) is 0 Å². The lowest BCUT2D eigenvalue weighted by atomic mass is 10.0. The molecule has 0 saturated carbocycles. The average Bonchev–Trinajstić information content (AvgIpc) is 2.83. The van der Waals surface area contributed by atoms with E-state index in [0.717, 1.165) is 9.44 Å². The number of Topliss-reactive ketones (excluding diaryl/α,β-unsaturated/α-hetero) is 1. The van der Waals surface area contributed by atoms with Gasteiger partial charge in [0, 0.05) is 23.4 Å². The smallest absolute Gasteiger partial charge is 0.300 e. The number of nitrogens with one attached hydrogen (secondary N) is 1. The van der Waals surface area contributed by atoms with Gasteiger partial charge in [0.05, 0.1) is 5.39 Å². The molecule has 1 aromatic carbocycles. The molecule has 2 aromatic heterocycles. The van der Waals surface area contributed by atoms with Crippen molar-refractivity contribution in [3.05, 3.63) is 55.8 Å².